The number of nitrogens with zero attached hydrogens (tertiary/aromatic N) is 2. The number of rotatable bonds is 2. The number of H-pyrrole nitrogens is 1. The summed E-state index contributed by atoms with van der Waals surface area (Å²) in [7, 11) is -4.16. The minimum atomic E-state index is -4.48. The standard InChI is InChI=1S/C4H5F3N4O2S/c5-4(6,7)1-2-9-3(11-10-2)14(8,12)13/h1H2,(H2,8,12,13)(H,9,10,11). The van der Waals surface area contributed by atoms with E-state index < -0.39 is 33.6 Å². The number of aromatic nitrogens is 3. The summed E-state index contributed by atoms with van der Waals surface area (Å²) in [6.45, 7) is 0. The van der Waals surface area contributed by atoms with Crippen LogP contribution in [0, 0.1) is 0 Å². The molecule has 0 aliphatic carbocycles. The van der Waals surface area contributed by atoms with E-state index in [1.807, 2.05) is 5.10 Å². The molecule has 6 nitrogen and oxygen atoms in total. The molecule has 10 heteroatoms. The van der Waals surface area contributed by atoms with E-state index in [1.54, 1.807) is 0 Å². The molecular formula is C4H5F3N4O2S. The summed E-state index contributed by atoms with van der Waals surface area (Å²) >= 11 is 0. The van der Waals surface area contributed by atoms with Crippen LogP contribution in [-0.2, 0) is 16.4 Å². The Morgan fingerprint density at radius 1 is 1.43 bits per heavy atom. The van der Waals surface area contributed by atoms with Crippen LogP contribution in [-0.4, -0.2) is 29.8 Å². The summed E-state index contributed by atoms with van der Waals surface area (Å²) in [6, 6.07) is 0. The molecule has 0 saturated carbocycles. The van der Waals surface area contributed by atoms with Gasteiger partial charge in [-0.3, -0.25) is 5.10 Å². The lowest BCUT2D eigenvalue weighted by atomic mass is 10.4. The van der Waals surface area contributed by atoms with E-state index in [9.17, 15) is 21.6 Å². The van der Waals surface area contributed by atoms with Gasteiger partial charge < -0.3 is 0 Å². The Labute approximate surface area is 76.4 Å². The van der Waals surface area contributed by atoms with Crippen molar-refractivity contribution in [1.82, 2.24) is 15.2 Å². The Morgan fingerprint density at radius 3 is 2.36 bits per heavy atom. The second-order valence-electron chi connectivity index (χ2n) is 2.40. The third-order valence-electron chi connectivity index (χ3n) is 1.13. The van der Waals surface area contributed by atoms with E-state index in [0.717, 1.165) is 0 Å². The average molecular weight is 230 g/mol. The van der Waals surface area contributed by atoms with Gasteiger partial charge in [0.2, 0.25) is 0 Å². The first-order chi connectivity index (χ1) is 6.18. The van der Waals surface area contributed by atoms with Gasteiger partial charge in [-0.25, -0.2) is 18.5 Å². The van der Waals surface area contributed by atoms with Gasteiger partial charge in [-0.15, -0.1) is 5.10 Å². The number of sulfonamides is 1. The average Bonchev–Trinajstić information content (AvgIpc) is 2.29. The summed E-state index contributed by atoms with van der Waals surface area (Å²) in [5.41, 5.74) is 0. The molecule has 0 radical (unpaired) electrons. The monoisotopic (exact) mass is 230 g/mol. The zero-order valence-corrected chi connectivity index (χ0v) is 7.35. The van der Waals surface area contributed by atoms with Gasteiger partial charge >= 0.3 is 6.18 Å². The SMILES string of the molecule is NS(=O)(=O)c1n[nH]c(CC(F)(F)F)n1. The number of aromatic amines is 1. The largest absolute Gasteiger partial charge is 0.396 e. The fraction of sp³-hybridized carbons (Fsp3) is 0.500. The van der Waals surface area contributed by atoms with Crippen molar-refractivity contribution in [2.75, 3.05) is 0 Å². The minimum Gasteiger partial charge on any atom is -0.262 e. The molecule has 3 N–H and O–H groups in total. The fourth-order valence-corrected chi connectivity index (χ4v) is 1.08. The van der Waals surface area contributed by atoms with E-state index in [4.69, 9.17) is 0 Å². The van der Waals surface area contributed by atoms with Crippen molar-refractivity contribution < 1.29 is 21.6 Å². The molecule has 0 aromatic carbocycles. The van der Waals surface area contributed by atoms with Crippen LogP contribution in [0.4, 0.5) is 13.2 Å². The van der Waals surface area contributed by atoms with Crippen LogP contribution in [0.3, 0.4) is 0 Å². The highest BCUT2D eigenvalue weighted by atomic mass is 32.2. The van der Waals surface area contributed by atoms with Crippen molar-refractivity contribution in [3.63, 3.8) is 0 Å². The quantitative estimate of drug-likeness (QED) is 0.718. The number of hydrogen-bond acceptors (Lipinski definition) is 4. The van der Waals surface area contributed by atoms with Crippen LogP contribution < -0.4 is 5.14 Å². The van der Waals surface area contributed by atoms with Gasteiger partial charge in [-0.05, 0) is 0 Å². The Bertz CT molecular complexity index is 422. The molecule has 1 aromatic heterocycles. The van der Waals surface area contributed by atoms with Crippen molar-refractivity contribution in [3.8, 4) is 0 Å². The number of nitrogens with one attached hydrogen (secondary N) is 1. The number of hydrogen-bond donors (Lipinski definition) is 2. The third-order valence-corrected chi connectivity index (χ3v) is 1.83. The number of primary sulfonamides is 1. The van der Waals surface area contributed by atoms with Crippen molar-refractivity contribution in [2.45, 2.75) is 17.8 Å². The highest BCUT2D eigenvalue weighted by molar-refractivity contribution is 7.89. The molecule has 0 unspecified atom stereocenters. The molecule has 0 fully saturated rings. The molecule has 0 amide bonds. The maximum Gasteiger partial charge on any atom is 0.396 e. The Hall–Kier alpha value is -1.16. The molecule has 0 saturated heterocycles. The number of alkyl halides is 3. The molecule has 14 heavy (non-hydrogen) atoms. The lowest BCUT2D eigenvalue weighted by Gasteiger charge is -2.00. The summed E-state index contributed by atoms with van der Waals surface area (Å²) in [4.78, 5) is 3.07. The zero-order valence-electron chi connectivity index (χ0n) is 6.54. The lowest BCUT2D eigenvalue weighted by molar-refractivity contribution is -0.128. The van der Waals surface area contributed by atoms with Gasteiger partial charge in [0.05, 0.1) is 0 Å². The minimum absolute atomic E-state index is 0.596. The van der Waals surface area contributed by atoms with E-state index in [-0.39, 0.29) is 0 Å². The second-order valence-corrected chi connectivity index (χ2v) is 3.86. The predicted molar refractivity (Wildman–Crippen MR) is 37.5 cm³/mol. The van der Waals surface area contributed by atoms with E-state index >= 15 is 0 Å². The van der Waals surface area contributed by atoms with Crippen molar-refractivity contribution in [1.29, 1.82) is 0 Å². The van der Waals surface area contributed by atoms with Crippen LogP contribution in [0.25, 0.3) is 0 Å². The molecule has 1 rings (SSSR count). The molecule has 0 aliphatic rings. The van der Waals surface area contributed by atoms with Crippen LogP contribution in [0.2, 0.25) is 0 Å². The third kappa shape index (κ3) is 2.96. The number of nitrogens with two attached hydrogens (primary N) is 1. The van der Waals surface area contributed by atoms with Crippen molar-refractivity contribution >= 4 is 10.0 Å². The van der Waals surface area contributed by atoms with E-state index in [0.29, 0.717) is 0 Å². The van der Waals surface area contributed by atoms with Crippen LogP contribution in [0.1, 0.15) is 5.82 Å². The van der Waals surface area contributed by atoms with E-state index in [1.165, 1.54) is 0 Å². The lowest BCUT2D eigenvalue weighted by Crippen LogP contribution is -2.15. The van der Waals surface area contributed by atoms with Crippen molar-refractivity contribution in [3.05, 3.63) is 5.82 Å². The molecular weight excluding hydrogens is 225 g/mol. The summed E-state index contributed by atoms with van der Waals surface area (Å²) in [5, 5.41) is 8.58. The molecule has 0 atom stereocenters. The van der Waals surface area contributed by atoms with Crippen LogP contribution in [0.5, 0.6) is 0 Å². The first kappa shape index (κ1) is 10.9. The van der Waals surface area contributed by atoms with Gasteiger partial charge in [0.1, 0.15) is 12.2 Å². The summed E-state index contributed by atoms with van der Waals surface area (Å²) in [6.07, 6.45) is -5.86. The highest BCUT2D eigenvalue weighted by Gasteiger charge is 2.30. The van der Waals surface area contributed by atoms with Crippen LogP contribution >= 0.6 is 0 Å². The Kier molecular flexibility index (Phi) is 2.50. The molecule has 0 spiro atoms. The molecule has 1 aromatic rings. The fourth-order valence-electron chi connectivity index (χ4n) is 0.674. The summed E-state index contributed by atoms with van der Waals surface area (Å²) < 4.78 is 56.5. The van der Waals surface area contributed by atoms with Gasteiger partial charge in [-0.2, -0.15) is 13.2 Å². The normalized spacial score (nSPS) is 13.1. The zero-order chi connectivity index (χ0) is 11.0. The Morgan fingerprint density at radius 2 is 2.00 bits per heavy atom. The molecule has 0 bridgehead atoms. The van der Waals surface area contributed by atoms with Gasteiger partial charge in [0.25, 0.3) is 15.2 Å². The predicted octanol–water partition coefficient (Wildman–Crippen LogP) is -0.443. The van der Waals surface area contributed by atoms with Crippen LogP contribution in [0.15, 0.2) is 5.16 Å². The highest BCUT2D eigenvalue weighted by Crippen LogP contribution is 2.19. The van der Waals surface area contributed by atoms with Crippen molar-refractivity contribution in [2.24, 2.45) is 5.14 Å². The summed E-state index contributed by atoms with van der Waals surface area (Å²) in [5.74, 6) is -0.596. The Balaban J connectivity index is 2.90. The maximum atomic E-state index is 11.8. The van der Waals surface area contributed by atoms with Gasteiger partial charge in [-0.1, -0.05) is 0 Å². The molecule has 80 valence electrons. The first-order valence-electron chi connectivity index (χ1n) is 3.19. The topological polar surface area (TPSA) is 102 Å². The second kappa shape index (κ2) is 3.20. The number of halogens is 3. The smallest absolute Gasteiger partial charge is 0.262 e. The molecule has 0 aliphatic heterocycles. The van der Waals surface area contributed by atoms with E-state index in [2.05, 4.69) is 15.2 Å². The maximum absolute atomic E-state index is 11.8. The first-order valence-corrected chi connectivity index (χ1v) is 4.74. The van der Waals surface area contributed by atoms with Gasteiger partial charge in [0, 0.05) is 0 Å². The van der Waals surface area contributed by atoms with Gasteiger partial charge in [0.15, 0.2) is 0 Å². The molecule has 1 heterocycles.